The number of piperazine rings is 1. The summed E-state index contributed by atoms with van der Waals surface area (Å²) in [7, 11) is 0. The maximum Gasteiger partial charge on any atom is 0.224 e. The summed E-state index contributed by atoms with van der Waals surface area (Å²) in [4.78, 5) is 29.6. The molecule has 0 spiro atoms. The lowest BCUT2D eigenvalue weighted by Crippen LogP contribution is -2.50. The van der Waals surface area contributed by atoms with E-state index in [1.807, 2.05) is 4.90 Å². The Hall–Kier alpha value is -2.04. The molecular weight excluding hydrogens is 290 g/mol. The van der Waals surface area contributed by atoms with Crippen LogP contribution < -0.4 is 4.90 Å². The first-order valence-electron chi connectivity index (χ1n) is 8.36. The fourth-order valence-electron chi connectivity index (χ4n) is 2.95. The lowest BCUT2D eigenvalue weighted by molar-refractivity contribution is -0.138. The van der Waals surface area contributed by atoms with Crippen molar-refractivity contribution in [1.82, 2.24) is 9.80 Å². The first kappa shape index (κ1) is 17.3. The number of hydrogen-bond donors (Lipinski definition) is 0. The Kier molecular flexibility index (Phi) is 6.02. The first-order chi connectivity index (χ1) is 11.0. The van der Waals surface area contributed by atoms with Crippen molar-refractivity contribution in [2.24, 2.45) is 0 Å². The summed E-state index contributed by atoms with van der Waals surface area (Å²) in [6, 6.07) is 8.37. The summed E-state index contributed by atoms with van der Waals surface area (Å²) in [5.41, 5.74) is 2.40. The van der Waals surface area contributed by atoms with E-state index in [4.69, 9.17) is 0 Å². The number of hydrogen-bond acceptors (Lipinski definition) is 3. The monoisotopic (exact) mass is 317 g/mol. The van der Waals surface area contributed by atoms with Gasteiger partial charge >= 0.3 is 0 Å². The van der Waals surface area contributed by atoms with Crippen LogP contribution in [-0.4, -0.2) is 60.9 Å². The van der Waals surface area contributed by atoms with Crippen LogP contribution in [0.3, 0.4) is 0 Å². The van der Waals surface area contributed by atoms with Crippen molar-refractivity contribution < 1.29 is 9.59 Å². The van der Waals surface area contributed by atoms with Crippen LogP contribution in [0.2, 0.25) is 0 Å². The average Bonchev–Trinajstić information content (AvgIpc) is 2.55. The Balaban J connectivity index is 1.85. The summed E-state index contributed by atoms with van der Waals surface area (Å²) in [5, 5.41) is 0. The van der Waals surface area contributed by atoms with Crippen molar-refractivity contribution in [3.8, 4) is 0 Å². The normalized spacial score (nSPS) is 14.7. The largest absolute Gasteiger partial charge is 0.371 e. The molecule has 23 heavy (non-hydrogen) atoms. The van der Waals surface area contributed by atoms with Crippen LogP contribution in [0.15, 0.2) is 24.3 Å². The standard InChI is InChI=1S/C18H27N3O2/c1-4-19(17-7-5-6-15(2)14-17)9-8-18(23)21-12-10-20(11-13-21)16(3)22/h5-7,14H,4,8-13H2,1-3H3. The first-order valence-corrected chi connectivity index (χ1v) is 8.36. The Labute approximate surface area is 138 Å². The molecule has 126 valence electrons. The van der Waals surface area contributed by atoms with Gasteiger partial charge in [-0.25, -0.2) is 0 Å². The van der Waals surface area contributed by atoms with Crippen LogP contribution in [0.5, 0.6) is 0 Å². The molecule has 1 aliphatic rings. The lowest BCUT2D eigenvalue weighted by Gasteiger charge is -2.34. The van der Waals surface area contributed by atoms with Crippen molar-refractivity contribution in [2.75, 3.05) is 44.2 Å². The van der Waals surface area contributed by atoms with Crippen LogP contribution in [0.4, 0.5) is 5.69 Å². The highest BCUT2D eigenvalue weighted by molar-refractivity contribution is 5.78. The predicted molar refractivity (Wildman–Crippen MR) is 92.5 cm³/mol. The molecule has 2 amide bonds. The number of rotatable bonds is 5. The third-order valence-electron chi connectivity index (χ3n) is 4.42. The fraction of sp³-hybridized carbons (Fsp3) is 0.556. The molecule has 5 nitrogen and oxygen atoms in total. The van der Waals surface area contributed by atoms with Gasteiger partial charge in [0.15, 0.2) is 0 Å². The lowest BCUT2D eigenvalue weighted by atomic mass is 10.2. The van der Waals surface area contributed by atoms with Crippen molar-refractivity contribution in [2.45, 2.75) is 27.2 Å². The second-order valence-corrected chi connectivity index (χ2v) is 6.06. The Morgan fingerprint density at radius 3 is 2.35 bits per heavy atom. The molecule has 1 heterocycles. The number of carbonyl (C=O) groups is 2. The van der Waals surface area contributed by atoms with Crippen molar-refractivity contribution >= 4 is 17.5 Å². The predicted octanol–water partition coefficient (Wildman–Crippen LogP) is 1.90. The van der Waals surface area contributed by atoms with Crippen LogP contribution >= 0.6 is 0 Å². The minimum atomic E-state index is 0.0914. The highest BCUT2D eigenvalue weighted by atomic mass is 16.2. The molecule has 0 bridgehead atoms. The third-order valence-corrected chi connectivity index (χ3v) is 4.42. The number of nitrogens with zero attached hydrogens (tertiary/aromatic N) is 3. The molecule has 0 N–H and O–H groups in total. The molecule has 2 rings (SSSR count). The number of aryl methyl sites for hydroxylation is 1. The van der Waals surface area contributed by atoms with E-state index in [-0.39, 0.29) is 11.8 Å². The van der Waals surface area contributed by atoms with Crippen LogP contribution in [0.1, 0.15) is 25.8 Å². The van der Waals surface area contributed by atoms with Gasteiger partial charge in [-0.2, -0.15) is 0 Å². The molecule has 0 atom stereocenters. The summed E-state index contributed by atoms with van der Waals surface area (Å²) >= 11 is 0. The molecular formula is C18H27N3O2. The van der Waals surface area contributed by atoms with Gasteiger partial charge in [-0.05, 0) is 31.5 Å². The third kappa shape index (κ3) is 4.71. The van der Waals surface area contributed by atoms with Gasteiger partial charge in [-0.3, -0.25) is 9.59 Å². The smallest absolute Gasteiger partial charge is 0.224 e. The molecule has 0 saturated carbocycles. The fourth-order valence-corrected chi connectivity index (χ4v) is 2.95. The minimum Gasteiger partial charge on any atom is -0.371 e. The maximum absolute atomic E-state index is 12.4. The van der Waals surface area contributed by atoms with Crippen molar-refractivity contribution in [3.63, 3.8) is 0 Å². The molecule has 0 radical (unpaired) electrons. The molecule has 0 unspecified atom stereocenters. The van der Waals surface area contributed by atoms with Crippen LogP contribution in [0.25, 0.3) is 0 Å². The molecule has 1 fully saturated rings. The number of benzene rings is 1. The van der Waals surface area contributed by atoms with Gasteiger partial charge in [0.05, 0.1) is 0 Å². The Bertz CT molecular complexity index is 551. The van der Waals surface area contributed by atoms with E-state index in [1.54, 1.807) is 11.8 Å². The quantitative estimate of drug-likeness (QED) is 0.833. The van der Waals surface area contributed by atoms with Gasteiger partial charge in [0.2, 0.25) is 11.8 Å². The zero-order valence-corrected chi connectivity index (χ0v) is 14.4. The summed E-state index contributed by atoms with van der Waals surface area (Å²) in [5.74, 6) is 0.271. The molecule has 0 aromatic heterocycles. The van der Waals surface area contributed by atoms with Crippen LogP contribution in [0, 0.1) is 6.92 Å². The Morgan fingerprint density at radius 2 is 1.78 bits per heavy atom. The second kappa shape index (κ2) is 7.99. The second-order valence-electron chi connectivity index (χ2n) is 6.06. The van der Waals surface area contributed by atoms with Crippen LogP contribution in [-0.2, 0) is 9.59 Å². The Morgan fingerprint density at radius 1 is 1.13 bits per heavy atom. The maximum atomic E-state index is 12.4. The minimum absolute atomic E-state index is 0.0914. The summed E-state index contributed by atoms with van der Waals surface area (Å²) in [6.45, 7) is 9.98. The molecule has 1 aliphatic heterocycles. The van der Waals surface area contributed by atoms with E-state index in [0.29, 0.717) is 32.6 Å². The highest BCUT2D eigenvalue weighted by Gasteiger charge is 2.22. The molecule has 1 aromatic carbocycles. The zero-order valence-electron chi connectivity index (χ0n) is 14.4. The van der Waals surface area contributed by atoms with Gasteiger partial charge in [-0.1, -0.05) is 12.1 Å². The van der Waals surface area contributed by atoms with Crippen molar-refractivity contribution in [3.05, 3.63) is 29.8 Å². The summed E-state index contributed by atoms with van der Waals surface area (Å²) in [6.07, 6.45) is 0.516. The molecule has 1 aromatic rings. The van der Waals surface area contributed by atoms with Crippen molar-refractivity contribution in [1.29, 1.82) is 0 Å². The SMILES string of the molecule is CCN(CCC(=O)N1CCN(C(C)=O)CC1)c1cccc(C)c1. The molecule has 0 aliphatic carbocycles. The van der Waals surface area contributed by atoms with Gasteiger partial charge in [0, 0.05) is 58.3 Å². The zero-order chi connectivity index (χ0) is 16.8. The van der Waals surface area contributed by atoms with Gasteiger partial charge in [-0.15, -0.1) is 0 Å². The molecule has 5 heteroatoms. The van der Waals surface area contributed by atoms with E-state index in [9.17, 15) is 9.59 Å². The van der Waals surface area contributed by atoms with E-state index in [2.05, 4.69) is 43.0 Å². The molecule has 1 saturated heterocycles. The van der Waals surface area contributed by atoms with E-state index in [0.717, 1.165) is 13.1 Å². The van der Waals surface area contributed by atoms with Gasteiger partial charge in [0.25, 0.3) is 0 Å². The summed E-state index contributed by atoms with van der Waals surface area (Å²) < 4.78 is 0. The highest BCUT2D eigenvalue weighted by Crippen LogP contribution is 2.16. The van der Waals surface area contributed by atoms with E-state index < -0.39 is 0 Å². The van der Waals surface area contributed by atoms with E-state index >= 15 is 0 Å². The average molecular weight is 317 g/mol. The van der Waals surface area contributed by atoms with Gasteiger partial charge < -0.3 is 14.7 Å². The van der Waals surface area contributed by atoms with Gasteiger partial charge in [0.1, 0.15) is 0 Å². The topological polar surface area (TPSA) is 43.9 Å². The number of carbonyl (C=O) groups excluding carboxylic acids is 2. The van der Waals surface area contributed by atoms with E-state index in [1.165, 1.54) is 11.3 Å². The number of anilines is 1. The number of amides is 2.